The van der Waals surface area contributed by atoms with Gasteiger partial charge in [0.15, 0.2) is 0 Å². The number of nitrogens with zero attached hydrogens (tertiary/aromatic N) is 2. The molecule has 2 heterocycles. The van der Waals surface area contributed by atoms with Crippen molar-refractivity contribution in [3.63, 3.8) is 0 Å². The van der Waals surface area contributed by atoms with Crippen LogP contribution in [0.3, 0.4) is 0 Å². The number of rotatable bonds is 3. The molecule has 1 amide bonds. The van der Waals surface area contributed by atoms with Crippen LogP contribution < -0.4 is 10.6 Å². The summed E-state index contributed by atoms with van der Waals surface area (Å²) in [5.74, 6) is -0.0354. The number of hydrogen-bond acceptors (Lipinski definition) is 3. The summed E-state index contributed by atoms with van der Waals surface area (Å²) >= 11 is 0. The highest BCUT2D eigenvalue weighted by molar-refractivity contribution is 5.93. The molecular weight excluding hydrogens is 283 g/mol. The second-order valence-electron chi connectivity index (χ2n) is 5.68. The number of carbonyl (C=O) groups is 1. The molecule has 1 aliphatic rings. The van der Waals surface area contributed by atoms with Crippen molar-refractivity contribution >= 4 is 5.91 Å². The van der Waals surface area contributed by atoms with Crippen LogP contribution in [-0.2, 0) is 0 Å². The summed E-state index contributed by atoms with van der Waals surface area (Å²) in [5.41, 5.74) is 1.16. The summed E-state index contributed by atoms with van der Waals surface area (Å²) in [6.07, 6.45) is 4.13. The van der Waals surface area contributed by atoms with Crippen molar-refractivity contribution < 1.29 is 9.18 Å². The highest BCUT2D eigenvalue weighted by Crippen LogP contribution is 2.15. The Morgan fingerprint density at radius 1 is 1.41 bits per heavy atom. The van der Waals surface area contributed by atoms with E-state index in [0.29, 0.717) is 17.3 Å². The Bertz CT molecular complexity index is 652. The SMILES string of the molecule is CC1CCNCC1NC(=O)c1cncn1-c1ccc(F)cc1. The Kier molecular flexibility index (Phi) is 4.20. The molecule has 6 heteroatoms. The summed E-state index contributed by atoms with van der Waals surface area (Å²) in [6, 6.07) is 6.09. The number of aromatic nitrogens is 2. The number of halogens is 1. The lowest BCUT2D eigenvalue weighted by atomic mass is 9.95. The Morgan fingerprint density at radius 2 is 2.18 bits per heavy atom. The molecule has 3 rings (SSSR count). The largest absolute Gasteiger partial charge is 0.346 e. The molecule has 0 radical (unpaired) electrons. The number of hydrogen-bond donors (Lipinski definition) is 2. The van der Waals surface area contributed by atoms with Crippen LogP contribution in [0.5, 0.6) is 0 Å². The van der Waals surface area contributed by atoms with Gasteiger partial charge in [0.05, 0.1) is 12.5 Å². The summed E-state index contributed by atoms with van der Waals surface area (Å²) in [4.78, 5) is 16.6. The number of piperidine rings is 1. The molecule has 1 aromatic heterocycles. The first-order valence-corrected chi connectivity index (χ1v) is 7.45. The molecule has 2 unspecified atom stereocenters. The van der Waals surface area contributed by atoms with E-state index in [1.807, 2.05) is 0 Å². The van der Waals surface area contributed by atoms with Gasteiger partial charge in [0.1, 0.15) is 11.5 Å². The van der Waals surface area contributed by atoms with Crippen molar-refractivity contribution in [2.45, 2.75) is 19.4 Å². The fourth-order valence-corrected chi connectivity index (χ4v) is 2.70. The minimum atomic E-state index is -0.308. The van der Waals surface area contributed by atoms with E-state index >= 15 is 0 Å². The molecule has 2 atom stereocenters. The molecule has 1 aromatic carbocycles. The first-order valence-electron chi connectivity index (χ1n) is 7.45. The van der Waals surface area contributed by atoms with Gasteiger partial charge in [0.25, 0.3) is 5.91 Å². The van der Waals surface area contributed by atoms with E-state index in [9.17, 15) is 9.18 Å². The summed E-state index contributed by atoms with van der Waals surface area (Å²) in [6.45, 7) is 3.90. The Balaban J connectivity index is 1.79. The maximum Gasteiger partial charge on any atom is 0.270 e. The third kappa shape index (κ3) is 3.01. The molecule has 116 valence electrons. The lowest BCUT2D eigenvalue weighted by Crippen LogP contribution is -2.50. The number of imidazole rings is 1. The van der Waals surface area contributed by atoms with Crippen LogP contribution in [0.2, 0.25) is 0 Å². The van der Waals surface area contributed by atoms with Gasteiger partial charge in [0, 0.05) is 18.3 Å². The molecule has 0 bridgehead atoms. The average Bonchev–Trinajstić information content (AvgIpc) is 3.00. The van der Waals surface area contributed by atoms with Gasteiger partial charge in [-0.25, -0.2) is 9.37 Å². The fourth-order valence-electron chi connectivity index (χ4n) is 2.70. The molecular formula is C16H19FN4O. The lowest BCUT2D eigenvalue weighted by molar-refractivity contribution is 0.0908. The van der Waals surface area contributed by atoms with Crippen LogP contribution in [0.4, 0.5) is 4.39 Å². The molecule has 5 nitrogen and oxygen atoms in total. The molecule has 0 spiro atoms. The predicted molar refractivity (Wildman–Crippen MR) is 81.4 cm³/mol. The van der Waals surface area contributed by atoms with Crippen molar-refractivity contribution in [1.29, 1.82) is 0 Å². The Hall–Kier alpha value is -2.21. The quantitative estimate of drug-likeness (QED) is 0.908. The van der Waals surface area contributed by atoms with Crippen LogP contribution in [0, 0.1) is 11.7 Å². The van der Waals surface area contributed by atoms with Gasteiger partial charge in [-0.05, 0) is 43.1 Å². The van der Waals surface area contributed by atoms with Crippen molar-refractivity contribution in [3.05, 3.63) is 48.3 Å². The van der Waals surface area contributed by atoms with Gasteiger partial charge < -0.3 is 10.6 Å². The molecule has 22 heavy (non-hydrogen) atoms. The van der Waals surface area contributed by atoms with E-state index in [4.69, 9.17) is 0 Å². The Morgan fingerprint density at radius 3 is 2.91 bits per heavy atom. The van der Waals surface area contributed by atoms with Crippen molar-refractivity contribution in [3.8, 4) is 5.69 Å². The third-order valence-corrected chi connectivity index (χ3v) is 4.12. The molecule has 2 aromatic rings. The van der Waals surface area contributed by atoms with Gasteiger partial charge in [-0.15, -0.1) is 0 Å². The van der Waals surface area contributed by atoms with Gasteiger partial charge in [-0.1, -0.05) is 6.92 Å². The first-order chi connectivity index (χ1) is 10.6. The third-order valence-electron chi connectivity index (χ3n) is 4.12. The topological polar surface area (TPSA) is 58.9 Å². The minimum absolute atomic E-state index is 0.109. The normalized spacial score (nSPS) is 21.5. The van der Waals surface area contributed by atoms with Gasteiger partial charge in [0.2, 0.25) is 0 Å². The van der Waals surface area contributed by atoms with Crippen LogP contribution in [-0.4, -0.2) is 34.6 Å². The van der Waals surface area contributed by atoms with Crippen LogP contribution >= 0.6 is 0 Å². The van der Waals surface area contributed by atoms with E-state index in [1.165, 1.54) is 18.3 Å². The van der Waals surface area contributed by atoms with Gasteiger partial charge >= 0.3 is 0 Å². The van der Waals surface area contributed by atoms with Crippen LogP contribution in [0.1, 0.15) is 23.8 Å². The standard InChI is InChI=1S/C16H19FN4O/c1-11-6-7-18-8-14(11)20-16(22)15-9-19-10-21(15)13-4-2-12(17)3-5-13/h2-5,9-11,14,18H,6-8H2,1H3,(H,20,22). The highest BCUT2D eigenvalue weighted by atomic mass is 19.1. The van der Waals surface area contributed by atoms with E-state index in [1.54, 1.807) is 23.0 Å². The van der Waals surface area contributed by atoms with Crippen LogP contribution in [0.15, 0.2) is 36.8 Å². The zero-order valence-electron chi connectivity index (χ0n) is 12.4. The highest BCUT2D eigenvalue weighted by Gasteiger charge is 2.24. The number of nitrogens with one attached hydrogen (secondary N) is 2. The molecule has 0 aliphatic carbocycles. The maximum absolute atomic E-state index is 13.0. The second-order valence-corrected chi connectivity index (χ2v) is 5.68. The van der Waals surface area contributed by atoms with E-state index in [2.05, 4.69) is 22.5 Å². The number of amides is 1. The van der Waals surface area contributed by atoms with Gasteiger partial charge in [-0.3, -0.25) is 9.36 Å². The average molecular weight is 302 g/mol. The predicted octanol–water partition coefficient (Wildman–Crippen LogP) is 1.74. The summed E-state index contributed by atoms with van der Waals surface area (Å²) in [7, 11) is 0. The molecule has 1 saturated heterocycles. The zero-order chi connectivity index (χ0) is 15.5. The molecule has 1 aliphatic heterocycles. The van der Waals surface area contributed by atoms with Crippen molar-refractivity contribution in [2.24, 2.45) is 5.92 Å². The van der Waals surface area contributed by atoms with Crippen molar-refractivity contribution in [1.82, 2.24) is 20.2 Å². The smallest absolute Gasteiger partial charge is 0.270 e. The minimum Gasteiger partial charge on any atom is -0.346 e. The lowest BCUT2D eigenvalue weighted by Gasteiger charge is -2.30. The maximum atomic E-state index is 13.0. The summed E-state index contributed by atoms with van der Waals surface area (Å²) < 4.78 is 14.7. The van der Waals surface area contributed by atoms with E-state index < -0.39 is 0 Å². The Labute approximate surface area is 128 Å². The fraction of sp³-hybridized carbons (Fsp3) is 0.375. The van der Waals surface area contributed by atoms with Gasteiger partial charge in [-0.2, -0.15) is 0 Å². The first kappa shape index (κ1) is 14.7. The van der Waals surface area contributed by atoms with E-state index in [-0.39, 0.29) is 17.8 Å². The number of benzene rings is 1. The van der Waals surface area contributed by atoms with Crippen LogP contribution in [0.25, 0.3) is 5.69 Å². The molecule has 1 fully saturated rings. The number of carbonyl (C=O) groups excluding carboxylic acids is 1. The molecule has 2 N–H and O–H groups in total. The van der Waals surface area contributed by atoms with Crippen molar-refractivity contribution in [2.75, 3.05) is 13.1 Å². The zero-order valence-corrected chi connectivity index (χ0v) is 12.4. The molecule has 0 saturated carbocycles. The monoisotopic (exact) mass is 302 g/mol. The van der Waals surface area contributed by atoms with E-state index in [0.717, 1.165) is 19.5 Å². The second kappa shape index (κ2) is 6.27. The summed E-state index contributed by atoms with van der Waals surface area (Å²) in [5, 5.41) is 6.35.